The van der Waals surface area contributed by atoms with E-state index < -0.39 is 0 Å². The molecule has 1 aliphatic heterocycles. The zero-order valence-corrected chi connectivity index (χ0v) is 17.1. The van der Waals surface area contributed by atoms with Gasteiger partial charge in [0.2, 0.25) is 0 Å². The summed E-state index contributed by atoms with van der Waals surface area (Å²) in [7, 11) is 0. The number of carbonyl (C=O) groups excluding carboxylic acids is 1. The molecule has 1 saturated heterocycles. The molecule has 0 saturated carbocycles. The minimum Gasteiger partial charge on any atom is -0.494 e. The molecule has 0 atom stereocenters. The minimum absolute atomic E-state index is 0.0318. The number of halogens is 1. The second kappa shape index (κ2) is 10.3. The Hall–Kier alpha value is -2.24. The van der Waals surface area contributed by atoms with Gasteiger partial charge in [0.05, 0.1) is 6.61 Å². The Morgan fingerprint density at radius 3 is 2.36 bits per heavy atom. The Kier molecular flexibility index (Phi) is 7.57. The molecule has 150 valence electrons. The Bertz CT molecular complexity index is 741. The molecule has 28 heavy (non-hydrogen) atoms. The molecule has 0 radical (unpaired) electrons. The van der Waals surface area contributed by atoms with Gasteiger partial charge in [-0.1, -0.05) is 11.6 Å². The molecule has 0 aliphatic carbocycles. The van der Waals surface area contributed by atoms with Crippen LogP contribution in [-0.2, 0) is 0 Å². The van der Waals surface area contributed by atoms with Gasteiger partial charge in [-0.25, -0.2) is 0 Å². The first-order valence-electron chi connectivity index (χ1n) is 9.89. The van der Waals surface area contributed by atoms with E-state index in [4.69, 9.17) is 16.3 Å². The monoisotopic (exact) mass is 401 g/mol. The topological polar surface area (TPSA) is 44.8 Å². The maximum atomic E-state index is 12.2. The van der Waals surface area contributed by atoms with Gasteiger partial charge < -0.3 is 15.0 Å². The van der Waals surface area contributed by atoms with E-state index in [-0.39, 0.29) is 5.91 Å². The van der Waals surface area contributed by atoms with Gasteiger partial charge >= 0.3 is 0 Å². The summed E-state index contributed by atoms with van der Waals surface area (Å²) in [5.74, 6) is 0.757. The van der Waals surface area contributed by atoms with Crippen molar-refractivity contribution in [3.05, 3.63) is 59.1 Å². The standard InChI is InChI=1S/C22H28ClN3O2/c1-2-28-21-10-4-18(5-11-21)22(27)24-12-3-13-25-14-16-26(17-15-25)20-8-6-19(23)7-9-20/h4-11H,2-3,12-17H2,1H3,(H,24,27). The lowest BCUT2D eigenvalue weighted by Crippen LogP contribution is -2.47. The number of benzene rings is 2. The van der Waals surface area contributed by atoms with E-state index >= 15 is 0 Å². The van der Waals surface area contributed by atoms with Gasteiger partial charge in [0, 0.05) is 49.0 Å². The van der Waals surface area contributed by atoms with Crippen LogP contribution in [0.1, 0.15) is 23.7 Å². The van der Waals surface area contributed by atoms with Crippen LogP contribution in [0, 0.1) is 0 Å². The van der Waals surface area contributed by atoms with Crippen LogP contribution in [0.25, 0.3) is 0 Å². The molecule has 1 aliphatic rings. The zero-order chi connectivity index (χ0) is 19.8. The first-order chi connectivity index (χ1) is 13.7. The molecule has 2 aromatic carbocycles. The summed E-state index contributed by atoms with van der Waals surface area (Å²) in [6.45, 7) is 8.35. The van der Waals surface area contributed by atoms with Gasteiger partial charge in [-0.15, -0.1) is 0 Å². The number of piperazine rings is 1. The molecule has 6 heteroatoms. The summed E-state index contributed by atoms with van der Waals surface area (Å²) in [6, 6.07) is 15.3. The van der Waals surface area contributed by atoms with Crippen molar-refractivity contribution in [2.45, 2.75) is 13.3 Å². The highest BCUT2D eigenvalue weighted by atomic mass is 35.5. The summed E-state index contributed by atoms with van der Waals surface area (Å²) in [4.78, 5) is 17.1. The quantitative estimate of drug-likeness (QED) is 0.685. The molecular formula is C22H28ClN3O2. The SMILES string of the molecule is CCOc1ccc(C(=O)NCCCN2CCN(c3ccc(Cl)cc3)CC2)cc1. The van der Waals surface area contributed by atoms with Crippen LogP contribution in [0.2, 0.25) is 5.02 Å². The number of nitrogens with zero attached hydrogens (tertiary/aromatic N) is 2. The van der Waals surface area contributed by atoms with E-state index in [1.54, 1.807) is 12.1 Å². The van der Waals surface area contributed by atoms with Crippen molar-refractivity contribution < 1.29 is 9.53 Å². The van der Waals surface area contributed by atoms with Gasteiger partial charge in [0.1, 0.15) is 5.75 Å². The molecule has 1 fully saturated rings. The minimum atomic E-state index is -0.0318. The van der Waals surface area contributed by atoms with Crippen molar-refractivity contribution in [2.24, 2.45) is 0 Å². The number of hydrogen-bond acceptors (Lipinski definition) is 4. The maximum Gasteiger partial charge on any atom is 0.251 e. The van der Waals surface area contributed by atoms with Crippen LogP contribution in [-0.4, -0.2) is 56.7 Å². The smallest absolute Gasteiger partial charge is 0.251 e. The number of amides is 1. The molecule has 5 nitrogen and oxygen atoms in total. The average Bonchev–Trinajstić information content (AvgIpc) is 2.73. The van der Waals surface area contributed by atoms with Gasteiger partial charge in [-0.05, 0) is 68.4 Å². The third kappa shape index (κ3) is 5.88. The zero-order valence-electron chi connectivity index (χ0n) is 16.4. The third-order valence-electron chi connectivity index (χ3n) is 4.93. The fraction of sp³-hybridized carbons (Fsp3) is 0.409. The summed E-state index contributed by atoms with van der Waals surface area (Å²) in [5, 5.41) is 3.77. The van der Waals surface area contributed by atoms with Crippen molar-refractivity contribution in [3.63, 3.8) is 0 Å². The number of anilines is 1. The van der Waals surface area contributed by atoms with E-state index in [0.29, 0.717) is 18.7 Å². The van der Waals surface area contributed by atoms with Crippen LogP contribution in [0.15, 0.2) is 48.5 Å². The molecule has 0 spiro atoms. The highest BCUT2D eigenvalue weighted by molar-refractivity contribution is 6.30. The Labute approximate surface area is 172 Å². The lowest BCUT2D eigenvalue weighted by Gasteiger charge is -2.36. The lowest BCUT2D eigenvalue weighted by atomic mass is 10.2. The van der Waals surface area contributed by atoms with Crippen LogP contribution < -0.4 is 15.0 Å². The van der Waals surface area contributed by atoms with Gasteiger partial charge in [-0.3, -0.25) is 9.69 Å². The van der Waals surface area contributed by atoms with Crippen LogP contribution in [0.5, 0.6) is 5.75 Å². The second-order valence-corrected chi connectivity index (χ2v) is 7.31. The molecule has 0 bridgehead atoms. The maximum absolute atomic E-state index is 12.2. The fourth-order valence-corrected chi connectivity index (χ4v) is 3.48. The largest absolute Gasteiger partial charge is 0.494 e. The van der Waals surface area contributed by atoms with Crippen molar-refractivity contribution in [1.29, 1.82) is 0 Å². The molecule has 3 rings (SSSR count). The molecule has 0 unspecified atom stereocenters. The van der Waals surface area contributed by atoms with Gasteiger partial charge in [0.25, 0.3) is 5.91 Å². The van der Waals surface area contributed by atoms with E-state index in [0.717, 1.165) is 49.9 Å². The number of hydrogen-bond donors (Lipinski definition) is 1. The van der Waals surface area contributed by atoms with E-state index in [2.05, 4.69) is 27.2 Å². The molecule has 1 amide bonds. The molecule has 0 aromatic heterocycles. The van der Waals surface area contributed by atoms with Gasteiger partial charge in [0.15, 0.2) is 0 Å². The summed E-state index contributed by atoms with van der Waals surface area (Å²) in [5.41, 5.74) is 1.90. The van der Waals surface area contributed by atoms with E-state index in [1.165, 1.54) is 5.69 Å². The van der Waals surface area contributed by atoms with Crippen LogP contribution in [0.3, 0.4) is 0 Å². The molecule has 1 N–H and O–H groups in total. The average molecular weight is 402 g/mol. The fourth-order valence-electron chi connectivity index (χ4n) is 3.36. The van der Waals surface area contributed by atoms with Crippen molar-refractivity contribution in [1.82, 2.24) is 10.2 Å². The summed E-state index contributed by atoms with van der Waals surface area (Å²) in [6.07, 6.45) is 0.948. The molecule has 2 aromatic rings. The van der Waals surface area contributed by atoms with Gasteiger partial charge in [-0.2, -0.15) is 0 Å². The molecular weight excluding hydrogens is 374 g/mol. The third-order valence-corrected chi connectivity index (χ3v) is 5.18. The van der Waals surface area contributed by atoms with Crippen molar-refractivity contribution in [2.75, 3.05) is 50.8 Å². The lowest BCUT2D eigenvalue weighted by molar-refractivity contribution is 0.0951. The van der Waals surface area contributed by atoms with Crippen LogP contribution in [0.4, 0.5) is 5.69 Å². The van der Waals surface area contributed by atoms with Crippen molar-refractivity contribution in [3.8, 4) is 5.75 Å². The number of carbonyl (C=O) groups is 1. The number of ether oxygens (including phenoxy) is 1. The van der Waals surface area contributed by atoms with E-state index in [9.17, 15) is 4.79 Å². The van der Waals surface area contributed by atoms with Crippen LogP contribution >= 0.6 is 11.6 Å². The normalized spacial score (nSPS) is 14.7. The van der Waals surface area contributed by atoms with Crippen molar-refractivity contribution >= 4 is 23.2 Å². The highest BCUT2D eigenvalue weighted by Gasteiger charge is 2.16. The summed E-state index contributed by atoms with van der Waals surface area (Å²) >= 11 is 5.96. The predicted octanol–water partition coefficient (Wildman–Crippen LogP) is 3.68. The molecule has 1 heterocycles. The first-order valence-corrected chi connectivity index (χ1v) is 10.3. The second-order valence-electron chi connectivity index (χ2n) is 6.87. The number of rotatable bonds is 8. The van der Waals surface area contributed by atoms with E-state index in [1.807, 2.05) is 31.2 Å². The Balaban J connectivity index is 1.33. The number of nitrogens with one attached hydrogen (secondary N) is 1. The Morgan fingerprint density at radius 1 is 1.04 bits per heavy atom. The summed E-state index contributed by atoms with van der Waals surface area (Å²) < 4.78 is 5.40. The highest BCUT2D eigenvalue weighted by Crippen LogP contribution is 2.19. The predicted molar refractivity (Wildman–Crippen MR) is 115 cm³/mol. The Morgan fingerprint density at radius 2 is 1.71 bits per heavy atom. The first kappa shape index (κ1) is 20.5.